The van der Waals surface area contributed by atoms with Crippen molar-refractivity contribution in [3.05, 3.63) is 42.5 Å². The topological polar surface area (TPSA) is 53.9 Å². The lowest BCUT2D eigenvalue weighted by molar-refractivity contribution is 0.251. The number of hydrogen-bond acceptors (Lipinski definition) is 5. The number of piperidine rings is 1. The average Bonchev–Trinajstić information content (AvgIpc) is 2.49. The Balaban J connectivity index is 1.75. The molecule has 0 amide bonds. The molecule has 1 fully saturated rings. The van der Waals surface area contributed by atoms with Crippen LogP contribution in [-0.4, -0.2) is 40.0 Å². The largest absolute Gasteiger partial charge is 0.324 e. The van der Waals surface area contributed by atoms with Crippen molar-refractivity contribution in [3.8, 4) is 0 Å². The number of aromatic nitrogens is 3. The van der Waals surface area contributed by atoms with Gasteiger partial charge in [-0.15, -0.1) is 0 Å². The van der Waals surface area contributed by atoms with E-state index in [2.05, 4.69) is 44.3 Å². The number of hydrogen-bond donors (Lipinski definition) is 1. The van der Waals surface area contributed by atoms with E-state index in [1.807, 2.05) is 6.20 Å². The molecule has 0 saturated carbocycles. The summed E-state index contributed by atoms with van der Waals surface area (Å²) in [6.07, 6.45) is 9.40. The molecule has 2 aromatic heterocycles. The molecule has 1 atom stereocenters. The molecule has 20 heavy (non-hydrogen) atoms. The number of likely N-dealkylation sites (tertiary alicyclic amines) is 1. The number of nitrogens with zero attached hydrogens (tertiary/aromatic N) is 4. The maximum absolute atomic E-state index is 4.36. The van der Waals surface area contributed by atoms with E-state index in [-0.39, 0.29) is 0 Å². The fourth-order valence-electron chi connectivity index (χ4n) is 2.70. The highest BCUT2D eigenvalue weighted by Crippen LogP contribution is 2.27. The second-order valence-corrected chi connectivity index (χ2v) is 5.29. The molecule has 0 bridgehead atoms. The third-order valence-electron chi connectivity index (χ3n) is 3.70. The van der Waals surface area contributed by atoms with Gasteiger partial charge in [-0.25, -0.2) is 9.97 Å². The monoisotopic (exact) mass is 269 g/mol. The summed E-state index contributed by atoms with van der Waals surface area (Å²) >= 11 is 0. The first-order chi connectivity index (χ1) is 9.81. The van der Waals surface area contributed by atoms with Crippen LogP contribution >= 0.6 is 0 Å². The minimum Gasteiger partial charge on any atom is -0.324 e. The fourth-order valence-corrected chi connectivity index (χ4v) is 2.70. The molecule has 2 aromatic rings. The van der Waals surface area contributed by atoms with Crippen molar-refractivity contribution in [2.75, 3.05) is 25.5 Å². The lowest BCUT2D eigenvalue weighted by Gasteiger charge is -2.30. The van der Waals surface area contributed by atoms with Gasteiger partial charge >= 0.3 is 0 Å². The van der Waals surface area contributed by atoms with Gasteiger partial charge in [0.15, 0.2) is 0 Å². The highest BCUT2D eigenvalue weighted by Gasteiger charge is 2.19. The molecule has 0 unspecified atom stereocenters. The zero-order chi connectivity index (χ0) is 13.8. The van der Waals surface area contributed by atoms with Crippen molar-refractivity contribution < 1.29 is 0 Å². The van der Waals surface area contributed by atoms with Gasteiger partial charge in [0.1, 0.15) is 11.6 Å². The van der Waals surface area contributed by atoms with Crippen LogP contribution < -0.4 is 5.32 Å². The molecule has 1 saturated heterocycles. The van der Waals surface area contributed by atoms with Crippen LogP contribution in [-0.2, 0) is 0 Å². The van der Waals surface area contributed by atoms with Crippen LogP contribution in [0.15, 0.2) is 36.9 Å². The highest BCUT2D eigenvalue weighted by atomic mass is 15.1. The first kappa shape index (κ1) is 13.0. The SMILES string of the molecule is CN1CCC[C@@H](c2ccnc(Nc3cnccn3)c2)C1. The van der Waals surface area contributed by atoms with Gasteiger partial charge in [-0.05, 0) is 50.0 Å². The van der Waals surface area contributed by atoms with Gasteiger partial charge in [-0.2, -0.15) is 0 Å². The van der Waals surface area contributed by atoms with Crippen molar-refractivity contribution in [1.29, 1.82) is 0 Å². The number of anilines is 2. The molecule has 3 rings (SSSR count). The van der Waals surface area contributed by atoms with E-state index in [1.165, 1.54) is 24.9 Å². The number of rotatable bonds is 3. The van der Waals surface area contributed by atoms with E-state index in [1.54, 1.807) is 18.6 Å². The van der Waals surface area contributed by atoms with Gasteiger partial charge in [-0.3, -0.25) is 4.98 Å². The van der Waals surface area contributed by atoms with Crippen LogP contribution in [0.4, 0.5) is 11.6 Å². The van der Waals surface area contributed by atoms with Gasteiger partial charge in [0, 0.05) is 25.1 Å². The third-order valence-corrected chi connectivity index (χ3v) is 3.70. The summed E-state index contributed by atoms with van der Waals surface area (Å²) in [4.78, 5) is 15.0. The molecule has 1 aliphatic heterocycles. The summed E-state index contributed by atoms with van der Waals surface area (Å²) in [6, 6.07) is 4.24. The predicted molar refractivity (Wildman–Crippen MR) is 79.0 cm³/mol. The Morgan fingerprint density at radius 1 is 1.20 bits per heavy atom. The maximum Gasteiger partial charge on any atom is 0.150 e. The Labute approximate surface area is 119 Å². The van der Waals surface area contributed by atoms with Crippen LogP contribution in [0.1, 0.15) is 24.3 Å². The Hall–Kier alpha value is -2.01. The molecule has 0 aliphatic carbocycles. The molecule has 1 aliphatic rings. The number of likely N-dealkylation sites (N-methyl/N-ethyl adjacent to an activating group) is 1. The average molecular weight is 269 g/mol. The van der Waals surface area contributed by atoms with Crippen molar-refractivity contribution in [2.24, 2.45) is 0 Å². The predicted octanol–water partition coefficient (Wildman–Crippen LogP) is 2.42. The lowest BCUT2D eigenvalue weighted by Crippen LogP contribution is -2.30. The first-order valence-electron chi connectivity index (χ1n) is 6.99. The second-order valence-electron chi connectivity index (χ2n) is 5.29. The normalized spacial score (nSPS) is 19.8. The summed E-state index contributed by atoms with van der Waals surface area (Å²) in [7, 11) is 2.19. The van der Waals surface area contributed by atoms with E-state index in [0.717, 1.165) is 18.2 Å². The van der Waals surface area contributed by atoms with Crippen molar-refractivity contribution in [2.45, 2.75) is 18.8 Å². The molecule has 0 aromatic carbocycles. The Morgan fingerprint density at radius 2 is 2.10 bits per heavy atom. The Morgan fingerprint density at radius 3 is 2.90 bits per heavy atom. The van der Waals surface area contributed by atoms with Crippen LogP contribution in [0.2, 0.25) is 0 Å². The molecule has 3 heterocycles. The minimum absolute atomic E-state index is 0.596. The summed E-state index contributed by atoms with van der Waals surface area (Å²) in [6.45, 7) is 2.32. The van der Waals surface area contributed by atoms with Crippen molar-refractivity contribution >= 4 is 11.6 Å². The van der Waals surface area contributed by atoms with E-state index in [4.69, 9.17) is 0 Å². The third kappa shape index (κ3) is 3.11. The standard InChI is InChI=1S/C15H19N5/c1-20-8-2-3-13(11-20)12-4-5-17-14(9-12)19-15-10-16-6-7-18-15/h4-7,9-10,13H,2-3,8,11H2,1H3,(H,17,18,19)/t13-/m1/s1. The summed E-state index contributed by atoms with van der Waals surface area (Å²) in [5, 5.41) is 3.20. The minimum atomic E-state index is 0.596. The summed E-state index contributed by atoms with van der Waals surface area (Å²) in [5.74, 6) is 2.15. The molecule has 0 radical (unpaired) electrons. The molecule has 5 nitrogen and oxygen atoms in total. The van der Waals surface area contributed by atoms with E-state index >= 15 is 0 Å². The molecule has 104 valence electrons. The molecule has 1 N–H and O–H groups in total. The summed E-state index contributed by atoms with van der Waals surface area (Å²) < 4.78 is 0. The molecular weight excluding hydrogens is 250 g/mol. The van der Waals surface area contributed by atoms with Gasteiger partial charge in [0.2, 0.25) is 0 Å². The van der Waals surface area contributed by atoms with Crippen LogP contribution in [0.25, 0.3) is 0 Å². The molecular formula is C15H19N5. The van der Waals surface area contributed by atoms with Gasteiger partial charge in [0.25, 0.3) is 0 Å². The number of nitrogens with one attached hydrogen (secondary N) is 1. The zero-order valence-corrected chi connectivity index (χ0v) is 11.7. The smallest absolute Gasteiger partial charge is 0.150 e. The lowest BCUT2D eigenvalue weighted by atomic mass is 9.91. The van der Waals surface area contributed by atoms with Crippen molar-refractivity contribution in [1.82, 2.24) is 19.9 Å². The Kier molecular flexibility index (Phi) is 3.87. The van der Waals surface area contributed by atoms with Crippen molar-refractivity contribution in [3.63, 3.8) is 0 Å². The maximum atomic E-state index is 4.36. The number of pyridine rings is 1. The van der Waals surface area contributed by atoms with E-state index in [9.17, 15) is 0 Å². The van der Waals surface area contributed by atoms with Crippen LogP contribution in [0, 0.1) is 0 Å². The molecule has 5 heteroatoms. The highest BCUT2D eigenvalue weighted by molar-refractivity contribution is 5.51. The van der Waals surface area contributed by atoms with Gasteiger partial charge in [-0.1, -0.05) is 0 Å². The Bertz CT molecular complexity index is 557. The van der Waals surface area contributed by atoms with Crippen LogP contribution in [0.3, 0.4) is 0 Å². The van der Waals surface area contributed by atoms with E-state index < -0.39 is 0 Å². The first-order valence-corrected chi connectivity index (χ1v) is 6.99. The van der Waals surface area contributed by atoms with Gasteiger partial charge in [0.05, 0.1) is 6.20 Å². The van der Waals surface area contributed by atoms with Gasteiger partial charge < -0.3 is 10.2 Å². The summed E-state index contributed by atoms with van der Waals surface area (Å²) in [5.41, 5.74) is 1.35. The van der Waals surface area contributed by atoms with Crippen LogP contribution in [0.5, 0.6) is 0 Å². The fraction of sp³-hybridized carbons (Fsp3) is 0.400. The molecule has 0 spiro atoms. The second kappa shape index (κ2) is 5.96. The quantitative estimate of drug-likeness (QED) is 0.927. The zero-order valence-electron chi connectivity index (χ0n) is 11.7. The van der Waals surface area contributed by atoms with E-state index in [0.29, 0.717) is 5.92 Å².